The van der Waals surface area contributed by atoms with E-state index in [1.807, 2.05) is 38.1 Å². The van der Waals surface area contributed by atoms with Crippen molar-refractivity contribution >= 4 is 32.8 Å². The number of carbonyl (C=O) groups is 2. The molecule has 1 amide bonds. The highest BCUT2D eigenvalue weighted by Crippen LogP contribution is 2.36. The Labute approximate surface area is 229 Å². The van der Waals surface area contributed by atoms with E-state index in [9.17, 15) is 18.0 Å². The van der Waals surface area contributed by atoms with Crippen LogP contribution in [0.3, 0.4) is 0 Å². The first-order valence-corrected chi connectivity index (χ1v) is 14.3. The molecule has 208 valence electrons. The molecule has 2 aromatic carbocycles. The van der Waals surface area contributed by atoms with Crippen LogP contribution in [0.4, 0.5) is 4.79 Å². The number of benzene rings is 2. The van der Waals surface area contributed by atoms with Crippen molar-refractivity contribution in [3.8, 4) is 5.75 Å². The molecule has 2 heterocycles. The third-order valence-corrected chi connectivity index (χ3v) is 8.48. The number of fused-ring (bicyclic) bond motifs is 1. The number of hydrogen-bond acceptors (Lipinski definition) is 8. The number of hydrogen-bond donors (Lipinski definition) is 0. The standard InChI is InChI=1S/C29H34N2O7S/c1-19-8-7-9-24-21(14-20(2)30-25(19)24)15-37-22-10-12-23(13-11-22)39(34,35)18-29(26(32)36-6)16-31(17-29)27(33)38-28(3,4)5/h7-14H,15-18H2,1-6H3. The molecule has 0 aliphatic carbocycles. The van der Waals surface area contributed by atoms with E-state index < -0.39 is 38.7 Å². The number of aromatic nitrogens is 1. The van der Waals surface area contributed by atoms with E-state index in [0.717, 1.165) is 27.7 Å². The van der Waals surface area contributed by atoms with Gasteiger partial charge >= 0.3 is 12.1 Å². The van der Waals surface area contributed by atoms with Crippen LogP contribution < -0.4 is 4.74 Å². The molecule has 0 N–H and O–H groups in total. The van der Waals surface area contributed by atoms with E-state index in [4.69, 9.17) is 14.2 Å². The monoisotopic (exact) mass is 554 g/mol. The Morgan fingerprint density at radius 2 is 1.72 bits per heavy atom. The number of esters is 1. The van der Waals surface area contributed by atoms with E-state index in [1.165, 1.54) is 24.1 Å². The number of ether oxygens (including phenoxy) is 3. The van der Waals surface area contributed by atoms with Crippen molar-refractivity contribution in [3.05, 3.63) is 65.4 Å². The summed E-state index contributed by atoms with van der Waals surface area (Å²) in [5.74, 6) is -0.666. The van der Waals surface area contributed by atoms with Gasteiger partial charge in [-0.3, -0.25) is 9.78 Å². The summed E-state index contributed by atoms with van der Waals surface area (Å²) in [6.45, 7) is 9.24. The first-order chi connectivity index (χ1) is 18.2. The van der Waals surface area contributed by atoms with Gasteiger partial charge in [0.15, 0.2) is 9.84 Å². The van der Waals surface area contributed by atoms with E-state index in [2.05, 4.69) is 4.98 Å². The van der Waals surface area contributed by atoms with Crippen molar-refractivity contribution in [1.82, 2.24) is 9.88 Å². The fourth-order valence-electron chi connectivity index (χ4n) is 4.71. The molecule has 1 fully saturated rings. The molecule has 39 heavy (non-hydrogen) atoms. The van der Waals surface area contributed by atoms with Crippen molar-refractivity contribution in [2.75, 3.05) is 26.0 Å². The number of pyridine rings is 1. The zero-order valence-electron chi connectivity index (χ0n) is 23.1. The lowest BCUT2D eigenvalue weighted by atomic mass is 9.82. The first-order valence-electron chi connectivity index (χ1n) is 12.6. The topological polar surface area (TPSA) is 112 Å². The molecule has 0 atom stereocenters. The zero-order valence-corrected chi connectivity index (χ0v) is 23.9. The maximum Gasteiger partial charge on any atom is 0.410 e. The van der Waals surface area contributed by atoms with Crippen molar-refractivity contribution < 1.29 is 32.2 Å². The van der Waals surface area contributed by atoms with Crippen LogP contribution in [0.25, 0.3) is 10.9 Å². The highest BCUT2D eigenvalue weighted by Gasteiger charge is 2.55. The number of sulfone groups is 1. The van der Waals surface area contributed by atoms with Crippen LogP contribution in [0.15, 0.2) is 53.4 Å². The largest absolute Gasteiger partial charge is 0.489 e. The Morgan fingerprint density at radius 3 is 2.33 bits per heavy atom. The van der Waals surface area contributed by atoms with Crippen molar-refractivity contribution in [2.24, 2.45) is 5.41 Å². The van der Waals surface area contributed by atoms with E-state index in [0.29, 0.717) is 12.4 Å². The molecule has 1 aliphatic rings. The SMILES string of the molecule is COC(=O)C1(CS(=O)(=O)c2ccc(OCc3cc(C)nc4c(C)cccc34)cc2)CN(C(=O)OC(C)(C)C)C1. The number of nitrogens with zero attached hydrogens (tertiary/aromatic N) is 2. The molecule has 4 rings (SSSR count). The second-order valence-corrected chi connectivity index (χ2v) is 13.0. The van der Waals surface area contributed by atoms with E-state index in [1.54, 1.807) is 32.9 Å². The van der Waals surface area contributed by atoms with Gasteiger partial charge in [0.25, 0.3) is 0 Å². The van der Waals surface area contributed by atoms with Crippen molar-refractivity contribution in [3.63, 3.8) is 0 Å². The van der Waals surface area contributed by atoms with Gasteiger partial charge in [-0.1, -0.05) is 18.2 Å². The lowest BCUT2D eigenvalue weighted by Gasteiger charge is -2.47. The smallest absolute Gasteiger partial charge is 0.410 e. The van der Waals surface area contributed by atoms with Crippen LogP contribution in [-0.2, 0) is 30.7 Å². The number of likely N-dealkylation sites (tertiary alicyclic amines) is 1. The zero-order chi connectivity index (χ0) is 28.6. The van der Waals surface area contributed by atoms with Gasteiger partial charge in [0, 0.05) is 29.7 Å². The van der Waals surface area contributed by atoms with Gasteiger partial charge in [-0.15, -0.1) is 0 Å². The Kier molecular flexibility index (Phi) is 7.62. The summed E-state index contributed by atoms with van der Waals surface area (Å²) in [6, 6.07) is 14.1. The number of methoxy groups -OCH3 is 1. The molecule has 3 aromatic rings. The van der Waals surface area contributed by atoms with Crippen molar-refractivity contribution in [2.45, 2.75) is 51.7 Å². The Bertz CT molecular complexity index is 1500. The van der Waals surface area contributed by atoms with Gasteiger partial charge in [0.2, 0.25) is 0 Å². The molecule has 9 nitrogen and oxygen atoms in total. The molecular formula is C29H34N2O7S. The minimum absolute atomic E-state index is 0.0506. The molecule has 0 saturated carbocycles. The Balaban J connectivity index is 1.46. The van der Waals surface area contributed by atoms with Gasteiger partial charge in [0.05, 0.1) is 23.3 Å². The fraction of sp³-hybridized carbons (Fsp3) is 0.414. The summed E-state index contributed by atoms with van der Waals surface area (Å²) >= 11 is 0. The second-order valence-electron chi connectivity index (χ2n) is 11.0. The molecule has 1 saturated heterocycles. The Morgan fingerprint density at radius 1 is 1.05 bits per heavy atom. The number of rotatable bonds is 7. The molecule has 10 heteroatoms. The normalized spacial score (nSPS) is 15.0. The lowest BCUT2D eigenvalue weighted by molar-refractivity contribution is -0.160. The fourth-order valence-corrected chi connectivity index (χ4v) is 6.46. The maximum absolute atomic E-state index is 13.3. The molecule has 1 aromatic heterocycles. The van der Waals surface area contributed by atoms with Gasteiger partial charge in [-0.2, -0.15) is 0 Å². The maximum atomic E-state index is 13.3. The molecular weight excluding hydrogens is 520 g/mol. The van der Waals surface area contributed by atoms with Gasteiger partial charge in [-0.25, -0.2) is 13.2 Å². The predicted molar refractivity (Wildman–Crippen MR) is 146 cm³/mol. The number of amides is 1. The summed E-state index contributed by atoms with van der Waals surface area (Å²) in [6.07, 6.45) is -0.603. The van der Waals surface area contributed by atoms with Gasteiger partial charge in [0.1, 0.15) is 23.4 Å². The number of carbonyl (C=O) groups excluding carboxylic acids is 2. The summed E-state index contributed by atoms with van der Waals surface area (Å²) in [5, 5.41) is 1.01. The van der Waals surface area contributed by atoms with Crippen LogP contribution in [-0.4, -0.2) is 61.9 Å². The highest BCUT2D eigenvalue weighted by atomic mass is 32.2. The predicted octanol–water partition coefficient (Wildman–Crippen LogP) is 4.61. The summed E-state index contributed by atoms with van der Waals surface area (Å²) < 4.78 is 42.8. The van der Waals surface area contributed by atoms with Crippen LogP contribution in [0.5, 0.6) is 5.75 Å². The average Bonchev–Trinajstić information content (AvgIpc) is 2.83. The lowest BCUT2D eigenvalue weighted by Crippen LogP contribution is -2.65. The van der Waals surface area contributed by atoms with Gasteiger partial charge < -0.3 is 19.1 Å². The molecule has 0 bridgehead atoms. The molecule has 0 radical (unpaired) electrons. The number of aryl methyl sites for hydroxylation is 2. The number of para-hydroxylation sites is 1. The van der Waals surface area contributed by atoms with Crippen LogP contribution in [0.2, 0.25) is 0 Å². The first kappa shape index (κ1) is 28.4. The molecule has 1 aliphatic heterocycles. The van der Waals surface area contributed by atoms with Crippen LogP contribution in [0.1, 0.15) is 37.6 Å². The summed E-state index contributed by atoms with van der Waals surface area (Å²) in [7, 11) is -2.68. The highest BCUT2D eigenvalue weighted by molar-refractivity contribution is 7.91. The third-order valence-electron chi connectivity index (χ3n) is 6.56. The quantitative estimate of drug-likeness (QED) is 0.389. The summed E-state index contributed by atoms with van der Waals surface area (Å²) in [5.41, 5.74) is 1.81. The van der Waals surface area contributed by atoms with E-state index >= 15 is 0 Å². The van der Waals surface area contributed by atoms with Crippen LogP contribution in [0, 0.1) is 19.3 Å². The average molecular weight is 555 g/mol. The second kappa shape index (κ2) is 10.5. The van der Waals surface area contributed by atoms with Gasteiger partial charge in [-0.05, 0) is 70.5 Å². The molecule has 0 spiro atoms. The molecule has 0 unspecified atom stereocenters. The Hall–Kier alpha value is -3.66. The minimum Gasteiger partial charge on any atom is -0.489 e. The van der Waals surface area contributed by atoms with Crippen LogP contribution >= 0.6 is 0 Å². The van der Waals surface area contributed by atoms with Crippen molar-refractivity contribution in [1.29, 1.82) is 0 Å². The minimum atomic E-state index is -3.88. The summed E-state index contributed by atoms with van der Waals surface area (Å²) in [4.78, 5) is 31.0. The van der Waals surface area contributed by atoms with E-state index in [-0.39, 0.29) is 18.0 Å². The third kappa shape index (κ3) is 6.16.